The van der Waals surface area contributed by atoms with Crippen LogP contribution in [0.1, 0.15) is 60.4 Å². The Morgan fingerprint density at radius 1 is 1.20 bits per heavy atom. The second-order valence-corrected chi connectivity index (χ2v) is 10.1. The van der Waals surface area contributed by atoms with Gasteiger partial charge in [-0.3, -0.25) is 14.9 Å². The van der Waals surface area contributed by atoms with Crippen LogP contribution in [0, 0.1) is 10.1 Å². The fourth-order valence-corrected chi connectivity index (χ4v) is 4.44. The van der Waals surface area contributed by atoms with E-state index in [9.17, 15) is 24.8 Å². The molecule has 1 N–H and O–H groups in total. The van der Waals surface area contributed by atoms with Crippen LogP contribution in [0.4, 0.5) is 5.69 Å². The Hall–Kier alpha value is -4.58. The highest BCUT2D eigenvalue weighted by molar-refractivity contribution is 9.10. The number of nitrogens with zero attached hydrogens (tertiary/aromatic N) is 4. The van der Waals surface area contributed by atoms with Crippen LogP contribution in [0.2, 0.25) is 0 Å². The number of nitro benzene ring substituents is 1. The van der Waals surface area contributed by atoms with Gasteiger partial charge >= 0.3 is 11.7 Å². The van der Waals surface area contributed by atoms with Crippen molar-refractivity contribution in [2.75, 3.05) is 6.61 Å². The Balaban J connectivity index is 1.77. The van der Waals surface area contributed by atoms with Gasteiger partial charge in [0, 0.05) is 22.0 Å². The van der Waals surface area contributed by atoms with Gasteiger partial charge < -0.3 is 14.6 Å². The minimum Gasteiger partial charge on any atom is -0.490 e. The van der Waals surface area contributed by atoms with E-state index in [4.69, 9.17) is 9.47 Å². The Kier molecular flexibility index (Phi) is 9.13. The van der Waals surface area contributed by atoms with Crippen LogP contribution in [0.5, 0.6) is 11.5 Å². The van der Waals surface area contributed by atoms with Crippen LogP contribution in [0.3, 0.4) is 0 Å². The molecule has 0 saturated carbocycles. The predicted molar refractivity (Wildman–Crippen MR) is 157 cm³/mol. The van der Waals surface area contributed by atoms with Crippen molar-refractivity contribution in [2.45, 2.75) is 39.7 Å². The summed E-state index contributed by atoms with van der Waals surface area (Å²) >= 11 is 3.39. The molecule has 11 nitrogen and oxygen atoms in total. The maximum absolute atomic E-state index is 13.4. The molecule has 12 heteroatoms. The number of aromatic nitrogens is 2. The highest BCUT2D eigenvalue weighted by Gasteiger charge is 2.23. The van der Waals surface area contributed by atoms with Gasteiger partial charge in [-0.2, -0.15) is 9.78 Å². The molecular formula is C29H27BrN4O7. The molecule has 3 aromatic carbocycles. The first-order chi connectivity index (χ1) is 19.6. The molecule has 0 fully saturated rings. The van der Waals surface area contributed by atoms with Crippen LogP contribution in [0.25, 0.3) is 10.9 Å². The van der Waals surface area contributed by atoms with Crippen molar-refractivity contribution in [3.05, 3.63) is 102 Å². The quantitative estimate of drug-likeness (QED) is 0.119. The standard InChI is InChI=1S/C29H27BrN4O7/c1-4-17(3)27-32-23-10-9-21(30)14-22(23)28(35)33(27)31-15-19-12-24(34(38)39)26(25(13-19)40-5-2)41-16-18-7-6-8-20(11-18)29(36)37/h6-15,17H,4-5,16H2,1-3H3,(H,36,37)/t17-/m1/s1. The zero-order valence-electron chi connectivity index (χ0n) is 22.5. The normalized spacial score (nSPS) is 12.0. The molecule has 0 amide bonds. The molecule has 1 atom stereocenters. The molecular weight excluding hydrogens is 596 g/mol. The van der Waals surface area contributed by atoms with Gasteiger partial charge in [-0.25, -0.2) is 9.78 Å². The molecule has 0 spiro atoms. The number of hydrogen-bond acceptors (Lipinski definition) is 8. The van der Waals surface area contributed by atoms with Gasteiger partial charge in [0.25, 0.3) is 5.56 Å². The van der Waals surface area contributed by atoms with Crippen molar-refractivity contribution in [3.63, 3.8) is 0 Å². The summed E-state index contributed by atoms with van der Waals surface area (Å²) in [7, 11) is 0. The summed E-state index contributed by atoms with van der Waals surface area (Å²) in [6.07, 6.45) is 2.06. The summed E-state index contributed by atoms with van der Waals surface area (Å²) in [5.74, 6) is -0.721. The fraction of sp³-hybridized carbons (Fsp3) is 0.241. The van der Waals surface area contributed by atoms with Gasteiger partial charge in [0.15, 0.2) is 5.75 Å². The minimum atomic E-state index is -1.10. The highest BCUT2D eigenvalue weighted by atomic mass is 79.9. The number of rotatable bonds is 11. The van der Waals surface area contributed by atoms with Gasteiger partial charge in [0.05, 0.1) is 34.2 Å². The monoisotopic (exact) mass is 622 g/mol. The number of carboxylic acid groups (broad SMARTS) is 1. The number of ether oxygens (including phenoxy) is 2. The van der Waals surface area contributed by atoms with E-state index in [-0.39, 0.29) is 47.4 Å². The zero-order valence-corrected chi connectivity index (χ0v) is 24.1. The lowest BCUT2D eigenvalue weighted by Crippen LogP contribution is -2.23. The summed E-state index contributed by atoms with van der Waals surface area (Å²) in [5.41, 5.74) is 0.688. The molecule has 0 saturated heterocycles. The number of nitro groups is 1. The number of benzene rings is 3. The van der Waals surface area contributed by atoms with E-state index in [1.54, 1.807) is 31.2 Å². The van der Waals surface area contributed by atoms with Crippen LogP contribution < -0.4 is 15.0 Å². The van der Waals surface area contributed by atoms with Gasteiger partial charge in [-0.05, 0) is 55.3 Å². The number of carboxylic acids is 1. The van der Waals surface area contributed by atoms with Crippen molar-refractivity contribution < 1.29 is 24.3 Å². The lowest BCUT2D eigenvalue weighted by molar-refractivity contribution is -0.386. The van der Waals surface area contributed by atoms with E-state index in [0.29, 0.717) is 34.3 Å². The van der Waals surface area contributed by atoms with Crippen LogP contribution in [0.15, 0.2) is 69.0 Å². The molecule has 212 valence electrons. The summed E-state index contributed by atoms with van der Waals surface area (Å²) in [6.45, 7) is 5.72. The average molecular weight is 623 g/mol. The van der Waals surface area contributed by atoms with Crippen molar-refractivity contribution in [3.8, 4) is 11.5 Å². The molecule has 0 aliphatic rings. The SMILES string of the molecule is CCOc1cc(C=Nn2c([C@H](C)CC)nc3ccc(Br)cc3c2=O)cc([N+](=O)[O-])c1OCc1cccc(C(=O)O)c1. The Labute approximate surface area is 243 Å². The van der Waals surface area contributed by atoms with E-state index in [2.05, 4.69) is 26.0 Å². The molecule has 4 rings (SSSR count). The minimum absolute atomic E-state index is 0.0692. The second-order valence-electron chi connectivity index (χ2n) is 9.15. The smallest absolute Gasteiger partial charge is 0.335 e. The van der Waals surface area contributed by atoms with E-state index < -0.39 is 10.9 Å². The second kappa shape index (κ2) is 12.7. The van der Waals surface area contributed by atoms with Gasteiger partial charge in [-0.1, -0.05) is 41.9 Å². The third-order valence-electron chi connectivity index (χ3n) is 6.32. The van der Waals surface area contributed by atoms with E-state index >= 15 is 0 Å². The van der Waals surface area contributed by atoms with Gasteiger partial charge in [-0.15, -0.1) is 0 Å². The highest BCUT2D eigenvalue weighted by Crippen LogP contribution is 2.39. The number of hydrogen-bond donors (Lipinski definition) is 1. The molecule has 0 bridgehead atoms. The summed E-state index contributed by atoms with van der Waals surface area (Å²) in [4.78, 5) is 40.9. The van der Waals surface area contributed by atoms with Crippen molar-refractivity contribution in [1.82, 2.24) is 9.66 Å². The summed E-state index contributed by atoms with van der Waals surface area (Å²) in [6, 6.07) is 14.1. The first-order valence-corrected chi connectivity index (χ1v) is 13.6. The average Bonchev–Trinajstić information content (AvgIpc) is 2.95. The van der Waals surface area contributed by atoms with Crippen LogP contribution in [-0.2, 0) is 6.61 Å². The molecule has 0 aliphatic carbocycles. The first kappa shape index (κ1) is 29.4. The predicted octanol–water partition coefficient (Wildman–Crippen LogP) is 6.14. The van der Waals surface area contributed by atoms with E-state index in [0.717, 1.165) is 4.47 Å². The maximum atomic E-state index is 13.4. The summed E-state index contributed by atoms with van der Waals surface area (Å²) < 4.78 is 13.4. The Morgan fingerprint density at radius 2 is 1.98 bits per heavy atom. The van der Waals surface area contributed by atoms with Crippen molar-refractivity contribution >= 4 is 44.7 Å². The largest absolute Gasteiger partial charge is 0.490 e. The molecule has 0 unspecified atom stereocenters. The topological polar surface area (TPSA) is 146 Å². The zero-order chi connectivity index (χ0) is 29.7. The van der Waals surface area contributed by atoms with Gasteiger partial charge in [0.2, 0.25) is 5.75 Å². The molecule has 1 aromatic heterocycles. The lowest BCUT2D eigenvalue weighted by atomic mass is 10.1. The number of fused-ring (bicyclic) bond motifs is 1. The fourth-order valence-electron chi connectivity index (χ4n) is 4.08. The molecule has 41 heavy (non-hydrogen) atoms. The molecule has 4 aromatic rings. The first-order valence-electron chi connectivity index (χ1n) is 12.8. The molecule has 0 radical (unpaired) electrons. The summed E-state index contributed by atoms with van der Waals surface area (Å²) in [5, 5.41) is 26.1. The third-order valence-corrected chi connectivity index (χ3v) is 6.81. The molecule has 1 heterocycles. The Bertz CT molecular complexity index is 1720. The van der Waals surface area contributed by atoms with Crippen LogP contribution in [-0.4, -0.2) is 38.5 Å². The number of aromatic carboxylic acids is 1. The van der Waals surface area contributed by atoms with Crippen molar-refractivity contribution in [2.24, 2.45) is 5.10 Å². The van der Waals surface area contributed by atoms with Gasteiger partial charge in [0.1, 0.15) is 12.4 Å². The van der Waals surface area contributed by atoms with E-state index in [1.165, 1.54) is 35.2 Å². The third kappa shape index (κ3) is 6.60. The lowest BCUT2D eigenvalue weighted by Gasteiger charge is -2.15. The number of halogens is 1. The van der Waals surface area contributed by atoms with Crippen LogP contribution >= 0.6 is 15.9 Å². The molecule has 0 aliphatic heterocycles. The number of carbonyl (C=O) groups is 1. The Morgan fingerprint density at radius 3 is 2.66 bits per heavy atom. The van der Waals surface area contributed by atoms with E-state index in [1.807, 2.05) is 19.9 Å². The maximum Gasteiger partial charge on any atom is 0.335 e. The van der Waals surface area contributed by atoms with Crippen molar-refractivity contribution in [1.29, 1.82) is 0 Å².